The first-order valence-corrected chi connectivity index (χ1v) is 18.1. The number of β-amino-alcohol motifs (C(OH)–C–C–N with tert-alkyl or cyclic N) is 1. The van der Waals surface area contributed by atoms with Gasteiger partial charge in [0.25, 0.3) is 25.2 Å². The van der Waals surface area contributed by atoms with E-state index >= 15 is 0 Å². The Hall–Kier alpha value is -1.68. The maximum atomic E-state index is 11.5. The van der Waals surface area contributed by atoms with Crippen LogP contribution in [0.3, 0.4) is 0 Å². The second-order valence-corrected chi connectivity index (χ2v) is 15.8. The van der Waals surface area contributed by atoms with Crippen LogP contribution in [0.15, 0.2) is 58.0 Å². The van der Waals surface area contributed by atoms with Gasteiger partial charge in [-0.1, -0.05) is 60.1 Å². The molecule has 1 aliphatic rings. The number of rotatable bonds is 11. The molecule has 2 atom stereocenters. The molecular formula is C26H29Cl2N2O7S4+. The molecule has 2 aromatic carbocycles. The minimum Gasteiger partial charge on any atom is -0.390 e. The van der Waals surface area contributed by atoms with Gasteiger partial charge in [-0.05, 0) is 48.4 Å². The summed E-state index contributed by atoms with van der Waals surface area (Å²) in [5.74, 6) is -1.57. The van der Waals surface area contributed by atoms with Crippen molar-refractivity contribution in [2.45, 2.75) is 37.8 Å². The first-order chi connectivity index (χ1) is 19.1. The van der Waals surface area contributed by atoms with E-state index in [-0.39, 0.29) is 18.2 Å². The number of hydrogen-bond acceptors (Lipinski definition) is 8. The Morgan fingerprint density at radius 3 is 2.37 bits per heavy atom. The van der Waals surface area contributed by atoms with Crippen molar-refractivity contribution in [2.24, 2.45) is 5.92 Å². The molecule has 2 unspecified atom stereocenters. The smallest absolute Gasteiger partial charge is 0.267 e. The molecule has 0 bridgehead atoms. The van der Waals surface area contributed by atoms with E-state index in [4.69, 9.17) is 23.2 Å². The second-order valence-electron chi connectivity index (χ2n) is 9.80. The molecule has 15 heteroatoms. The van der Waals surface area contributed by atoms with Gasteiger partial charge in [0.15, 0.2) is 6.54 Å². The largest absolute Gasteiger partial charge is 0.390 e. The lowest BCUT2D eigenvalue weighted by Crippen LogP contribution is -2.40. The highest BCUT2D eigenvalue weighted by Gasteiger charge is 2.29. The molecule has 0 saturated heterocycles. The summed E-state index contributed by atoms with van der Waals surface area (Å²) in [7, 11) is -8.54. The standard InChI is InChI=1S/C26H28Cl2N2O7S4/c1-3-17(8-25-29(12-16(2)14-40(32,33)34)21-10-18(27)4-6-23(21)38-25)9-26-30(13-20(31)15-41(35,36)37)22-11-19(28)5-7-24(22)39-26/h4-11,16,20,31H,3,12-15H2,1-2H3,(H-,32,33,34,35,36,37)/p+1. The lowest BCUT2D eigenvalue weighted by molar-refractivity contribution is -0.674. The molecule has 3 N–H and O–H groups in total. The number of nitrogens with zero attached hydrogens (tertiary/aromatic N) is 2. The summed E-state index contributed by atoms with van der Waals surface area (Å²) >= 11 is 15.5. The zero-order chi connectivity index (χ0) is 30.1. The molecule has 0 saturated carbocycles. The maximum Gasteiger partial charge on any atom is 0.267 e. The number of aliphatic hydroxyl groups is 1. The summed E-state index contributed by atoms with van der Waals surface area (Å²) in [6.45, 7) is 3.97. The maximum absolute atomic E-state index is 11.5. The van der Waals surface area contributed by atoms with Gasteiger partial charge in [-0.3, -0.25) is 9.11 Å². The van der Waals surface area contributed by atoms with Crippen LogP contribution in [-0.4, -0.2) is 55.2 Å². The van der Waals surface area contributed by atoms with Gasteiger partial charge < -0.3 is 10.0 Å². The van der Waals surface area contributed by atoms with Gasteiger partial charge in [0.05, 0.1) is 29.1 Å². The number of allylic oxidation sites excluding steroid dienone is 2. The quantitative estimate of drug-likeness (QED) is 0.177. The van der Waals surface area contributed by atoms with Crippen LogP contribution in [0.2, 0.25) is 10.0 Å². The van der Waals surface area contributed by atoms with Crippen LogP contribution in [0.4, 0.5) is 5.69 Å². The van der Waals surface area contributed by atoms with E-state index in [0.717, 1.165) is 30.7 Å². The van der Waals surface area contributed by atoms with E-state index in [1.165, 1.54) is 23.1 Å². The van der Waals surface area contributed by atoms with E-state index in [1.54, 1.807) is 30.0 Å². The van der Waals surface area contributed by atoms with Crippen LogP contribution >= 0.6 is 46.3 Å². The minimum atomic E-state index is -4.38. The average molecular weight is 681 g/mol. The third-order valence-electron chi connectivity index (χ3n) is 6.20. The van der Waals surface area contributed by atoms with Crippen LogP contribution in [-0.2, 0) is 26.8 Å². The summed E-state index contributed by atoms with van der Waals surface area (Å²) in [6.07, 6.45) is 3.21. The monoisotopic (exact) mass is 679 g/mol. The number of anilines is 1. The Kier molecular flexibility index (Phi) is 10.1. The second kappa shape index (κ2) is 12.9. The average Bonchev–Trinajstić information content (AvgIpc) is 3.33. The first-order valence-electron chi connectivity index (χ1n) is 12.5. The fourth-order valence-corrected chi connectivity index (χ4v) is 8.54. The normalized spacial score (nSPS) is 16.9. The fraction of sp³-hybridized carbons (Fsp3) is 0.346. The minimum absolute atomic E-state index is 0.0858. The van der Waals surface area contributed by atoms with Gasteiger partial charge in [-0.2, -0.15) is 21.4 Å². The molecule has 0 aliphatic carbocycles. The Morgan fingerprint density at radius 2 is 1.71 bits per heavy atom. The van der Waals surface area contributed by atoms with Crippen molar-refractivity contribution >= 4 is 88.5 Å². The van der Waals surface area contributed by atoms with E-state index < -0.39 is 32.1 Å². The van der Waals surface area contributed by atoms with Crippen LogP contribution in [0.25, 0.3) is 16.3 Å². The van der Waals surface area contributed by atoms with Crippen molar-refractivity contribution in [3.63, 3.8) is 0 Å². The molecule has 9 nitrogen and oxygen atoms in total. The van der Waals surface area contributed by atoms with Crippen LogP contribution in [0.5, 0.6) is 0 Å². The highest BCUT2D eigenvalue weighted by atomic mass is 35.5. The molecule has 1 aromatic heterocycles. The summed E-state index contributed by atoms with van der Waals surface area (Å²) in [5, 5.41) is 13.1. The van der Waals surface area contributed by atoms with E-state index in [9.17, 15) is 31.0 Å². The number of thioether (sulfide) groups is 1. The van der Waals surface area contributed by atoms with Crippen molar-refractivity contribution in [3.05, 3.63) is 68.1 Å². The molecule has 41 heavy (non-hydrogen) atoms. The van der Waals surface area contributed by atoms with E-state index in [2.05, 4.69) is 0 Å². The zero-order valence-corrected chi connectivity index (χ0v) is 26.8. The molecule has 0 radical (unpaired) electrons. The van der Waals surface area contributed by atoms with E-state index in [0.29, 0.717) is 28.7 Å². The Morgan fingerprint density at radius 1 is 1.05 bits per heavy atom. The number of hydrogen-bond donors (Lipinski definition) is 3. The SMILES string of the molecule is CCC(=Cc1sc2ccc(Cl)cc2[n+]1CC(C)CS(=O)(=O)O)C=C1Sc2ccc(Cl)cc2N1CC(O)CS(=O)(=O)O. The Labute approximate surface area is 257 Å². The summed E-state index contributed by atoms with van der Waals surface area (Å²) < 4.78 is 67.3. The molecule has 222 valence electrons. The van der Waals surface area contributed by atoms with Crippen LogP contribution in [0.1, 0.15) is 25.3 Å². The molecule has 4 rings (SSSR count). The summed E-state index contributed by atoms with van der Waals surface area (Å²) in [6, 6.07) is 10.8. The van der Waals surface area contributed by atoms with Crippen molar-refractivity contribution in [3.8, 4) is 0 Å². The van der Waals surface area contributed by atoms with E-state index in [1.807, 2.05) is 41.8 Å². The number of benzene rings is 2. The molecular weight excluding hydrogens is 651 g/mol. The molecule has 1 aliphatic heterocycles. The summed E-state index contributed by atoms with van der Waals surface area (Å²) in [4.78, 5) is 2.65. The van der Waals surface area contributed by atoms with Gasteiger partial charge in [0.1, 0.15) is 10.5 Å². The lowest BCUT2D eigenvalue weighted by atomic mass is 10.1. The summed E-state index contributed by atoms with van der Waals surface area (Å²) in [5.41, 5.74) is 2.46. The first kappa shape index (κ1) is 32.2. The van der Waals surface area contributed by atoms with Gasteiger partial charge >= 0.3 is 0 Å². The highest BCUT2D eigenvalue weighted by molar-refractivity contribution is 8.03. The van der Waals surface area contributed by atoms with Gasteiger partial charge in [-0.15, -0.1) is 0 Å². The molecule has 0 amide bonds. The molecule has 2 heterocycles. The third kappa shape index (κ3) is 8.68. The Bertz CT molecular complexity index is 1740. The number of aliphatic hydroxyl groups excluding tert-OH is 1. The van der Waals surface area contributed by atoms with Crippen molar-refractivity contribution in [2.75, 3.05) is 23.0 Å². The van der Waals surface area contributed by atoms with Gasteiger partial charge in [0, 0.05) is 33.0 Å². The van der Waals surface area contributed by atoms with Crippen molar-refractivity contribution in [1.82, 2.24) is 0 Å². The van der Waals surface area contributed by atoms with Crippen LogP contribution < -0.4 is 9.47 Å². The zero-order valence-electron chi connectivity index (χ0n) is 22.1. The van der Waals surface area contributed by atoms with Crippen molar-refractivity contribution < 1.29 is 35.6 Å². The lowest BCUT2D eigenvalue weighted by Gasteiger charge is -2.23. The van der Waals surface area contributed by atoms with Gasteiger partial charge in [0.2, 0.25) is 5.52 Å². The topological polar surface area (TPSA) is 136 Å². The predicted octanol–water partition coefficient (Wildman–Crippen LogP) is 5.52. The van der Waals surface area contributed by atoms with Crippen LogP contribution in [0, 0.1) is 5.92 Å². The molecule has 3 aromatic rings. The Balaban J connectivity index is 1.75. The predicted molar refractivity (Wildman–Crippen MR) is 166 cm³/mol. The molecule has 0 fully saturated rings. The number of aromatic nitrogens is 1. The number of halogens is 2. The third-order valence-corrected chi connectivity index (χ3v) is 10.7. The number of thiazole rings is 1. The highest BCUT2D eigenvalue weighted by Crippen LogP contribution is 2.47. The fourth-order valence-electron chi connectivity index (χ4n) is 4.53. The number of fused-ring (bicyclic) bond motifs is 2. The van der Waals surface area contributed by atoms with Crippen molar-refractivity contribution in [1.29, 1.82) is 0 Å². The van der Waals surface area contributed by atoms with Gasteiger partial charge in [-0.25, -0.2) is 0 Å². The molecule has 0 spiro atoms.